The van der Waals surface area contributed by atoms with E-state index in [1.54, 1.807) is 24.3 Å². The van der Waals surface area contributed by atoms with Crippen molar-refractivity contribution in [2.24, 2.45) is 0 Å². The molecule has 0 saturated carbocycles. The van der Waals surface area contributed by atoms with Crippen molar-refractivity contribution in [3.63, 3.8) is 0 Å². The molecular weight excluding hydrogens is 374 g/mol. The predicted octanol–water partition coefficient (Wildman–Crippen LogP) is 1.06. The van der Waals surface area contributed by atoms with Gasteiger partial charge < -0.3 is 21.1 Å². The molecule has 0 aliphatic rings. The van der Waals surface area contributed by atoms with Crippen molar-refractivity contribution in [2.75, 3.05) is 24.2 Å². The van der Waals surface area contributed by atoms with E-state index in [1.807, 2.05) is 13.8 Å². The van der Waals surface area contributed by atoms with Crippen molar-refractivity contribution < 1.29 is 9.53 Å². The lowest BCUT2D eigenvalue weighted by atomic mass is 10.2. The summed E-state index contributed by atoms with van der Waals surface area (Å²) in [5.41, 5.74) is 7.32. The van der Waals surface area contributed by atoms with Crippen LogP contribution >= 0.6 is 0 Å². The monoisotopic (exact) mass is 397 g/mol. The minimum atomic E-state index is -0.434. The van der Waals surface area contributed by atoms with Gasteiger partial charge in [-0.3, -0.25) is 14.6 Å². The molecule has 0 atom stereocenters. The fourth-order valence-corrected chi connectivity index (χ4v) is 2.55. The second-order valence-corrected chi connectivity index (χ2v) is 6.59. The van der Waals surface area contributed by atoms with Gasteiger partial charge in [-0.15, -0.1) is 0 Å². The number of nitrogens with one attached hydrogen (secondary N) is 3. The number of anilines is 2. The number of nitrogens with zero attached hydrogens (tertiary/aromatic N) is 3. The number of hydrogen-bond acceptors (Lipinski definition) is 8. The Morgan fingerprint density at radius 2 is 2.00 bits per heavy atom. The molecule has 10 heteroatoms. The van der Waals surface area contributed by atoms with E-state index in [2.05, 4.69) is 30.6 Å². The fraction of sp³-hybridized carbons (Fsp3) is 0.316. The van der Waals surface area contributed by atoms with Crippen LogP contribution in [-0.4, -0.2) is 45.1 Å². The van der Waals surface area contributed by atoms with Crippen molar-refractivity contribution in [1.82, 2.24) is 25.3 Å². The molecule has 0 bridgehead atoms. The van der Waals surface area contributed by atoms with E-state index in [1.165, 1.54) is 6.20 Å². The third kappa shape index (κ3) is 5.48. The van der Waals surface area contributed by atoms with Crippen LogP contribution in [0.25, 0.3) is 11.2 Å². The van der Waals surface area contributed by atoms with Crippen LogP contribution in [0.3, 0.4) is 0 Å². The molecule has 3 rings (SSSR count). The summed E-state index contributed by atoms with van der Waals surface area (Å²) in [7, 11) is 0. The lowest BCUT2D eigenvalue weighted by Gasteiger charge is -2.10. The molecule has 0 saturated heterocycles. The molecule has 152 valence electrons. The van der Waals surface area contributed by atoms with Gasteiger partial charge in [-0.2, -0.15) is 4.98 Å². The van der Waals surface area contributed by atoms with Crippen molar-refractivity contribution in [1.29, 1.82) is 0 Å². The topological polar surface area (TPSA) is 148 Å². The molecule has 0 radical (unpaired) electrons. The zero-order chi connectivity index (χ0) is 20.8. The Morgan fingerprint density at radius 1 is 1.24 bits per heavy atom. The SMILES string of the molecule is CC(C)OCCNC(=O)c1ccc(NCc2cnc3nc(N)[nH]c(=O)c3n2)cc1. The molecule has 0 fully saturated rings. The number of aromatic nitrogens is 4. The highest BCUT2D eigenvalue weighted by Gasteiger charge is 2.08. The predicted molar refractivity (Wildman–Crippen MR) is 110 cm³/mol. The maximum Gasteiger partial charge on any atom is 0.280 e. The molecule has 2 heterocycles. The van der Waals surface area contributed by atoms with E-state index in [9.17, 15) is 9.59 Å². The number of nitrogens with two attached hydrogens (primary N) is 1. The number of ether oxygens (including phenoxy) is 1. The van der Waals surface area contributed by atoms with Crippen LogP contribution in [0.4, 0.5) is 11.6 Å². The molecule has 2 aromatic heterocycles. The third-order valence-electron chi connectivity index (χ3n) is 3.95. The zero-order valence-electron chi connectivity index (χ0n) is 16.2. The van der Waals surface area contributed by atoms with Gasteiger partial charge in [0.05, 0.1) is 31.1 Å². The lowest BCUT2D eigenvalue weighted by molar-refractivity contribution is 0.0746. The molecule has 0 spiro atoms. The normalized spacial score (nSPS) is 11.0. The van der Waals surface area contributed by atoms with E-state index >= 15 is 0 Å². The van der Waals surface area contributed by atoms with E-state index < -0.39 is 5.56 Å². The summed E-state index contributed by atoms with van der Waals surface area (Å²) in [6, 6.07) is 7.04. The van der Waals surface area contributed by atoms with Crippen LogP contribution in [0.5, 0.6) is 0 Å². The number of rotatable bonds is 8. The summed E-state index contributed by atoms with van der Waals surface area (Å²) in [5, 5.41) is 5.98. The molecule has 0 aliphatic heterocycles. The van der Waals surface area contributed by atoms with Crippen molar-refractivity contribution in [2.45, 2.75) is 26.5 Å². The van der Waals surface area contributed by atoms with Gasteiger partial charge in [0.1, 0.15) is 0 Å². The zero-order valence-corrected chi connectivity index (χ0v) is 16.2. The molecule has 29 heavy (non-hydrogen) atoms. The molecular formula is C19H23N7O3. The number of H-pyrrole nitrogens is 1. The third-order valence-corrected chi connectivity index (χ3v) is 3.95. The molecule has 5 N–H and O–H groups in total. The number of carbonyl (C=O) groups is 1. The van der Waals surface area contributed by atoms with Gasteiger partial charge in [-0.25, -0.2) is 9.97 Å². The summed E-state index contributed by atoms with van der Waals surface area (Å²) in [6.07, 6.45) is 1.67. The van der Waals surface area contributed by atoms with Gasteiger partial charge in [-0.05, 0) is 38.1 Å². The number of hydrogen-bond donors (Lipinski definition) is 4. The molecule has 10 nitrogen and oxygen atoms in total. The highest BCUT2D eigenvalue weighted by Crippen LogP contribution is 2.11. The van der Waals surface area contributed by atoms with Crippen molar-refractivity contribution in [3.8, 4) is 0 Å². The Hall–Kier alpha value is -3.53. The van der Waals surface area contributed by atoms with Gasteiger partial charge >= 0.3 is 0 Å². The molecule has 1 amide bonds. The first-order chi connectivity index (χ1) is 13.9. The maximum atomic E-state index is 12.1. The highest BCUT2D eigenvalue weighted by molar-refractivity contribution is 5.94. The number of aromatic amines is 1. The molecule has 0 aliphatic carbocycles. The van der Waals surface area contributed by atoms with E-state index in [0.29, 0.717) is 31.0 Å². The van der Waals surface area contributed by atoms with Crippen LogP contribution in [0.2, 0.25) is 0 Å². The average molecular weight is 397 g/mol. The van der Waals surface area contributed by atoms with Gasteiger partial charge in [0.15, 0.2) is 11.2 Å². The first-order valence-electron chi connectivity index (χ1n) is 9.17. The molecule has 3 aromatic rings. The Bertz CT molecular complexity index is 1050. The van der Waals surface area contributed by atoms with E-state index in [4.69, 9.17) is 10.5 Å². The Morgan fingerprint density at radius 3 is 2.72 bits per heavy atom. The Labute approximate surface area is 166 Å². The Balaban J connectivity index is 1.57. The Kier molecular flexibility index (Phi) is 6.35. The fourth-order valence-electron chi connectivity index (χ4n) is 2.55. The van der Waals surface area contributed by atoms with E-state index in [0.717, 1.165) is 5.69 Å². The number of amides is 1. The van der Waals surface area contributed by atoms with Crippen molar-refractivity contribution in [3.05, 3.63) is 52.1 Å². The summed E-state index contributed by atoms with van der Waals surface area (Å²) in [6.45, 7) is 5.17. The van der Waals surface area contributed by atoms with Crippen LogP contribution in [0.1, 0.15) is 29.9 Å². The van der Waals surface area contributed by atoms with Crippen molar-refractivity contribution >= 4 is 28.7 Å². The number of benzene rings is 1. The first-order valence-corrected chi connectivity index (χ1v) is 9.17. The quantitative estimate of drug-likeness (QED) is 0.412. The van der Waals surface area contributed by atoms with E-state index in [-0.39, 0.29) is 29.1 Å². The molecule has 1 aromatic carbocycles. The lowest BCUT2D eigenvalue weighted by Crippen LogP contribution is -2.28. The van der Waals surface area contributed by atoms with Gasteiger partial charge in [0.2, 0.25) is 5.95 Å². The second-order valence-electron chi connectivity index (χ2n) is 6.59. The van der Waals surface area contributed by atoms with Crippen LogP contribution in [0.15, 0.2) is 35.3 Å². The summed E-state index contributed by atoms with van der Waals surface area (Å²) in [4.78, 5) is 38.7. The largest absolute Gasteiger partial charge is 0.379 e. The summed E-state index contributed by atoms with van der Waals surface area (Å²) in [5.74, 6) is -0.158. The van der Waals surface area contributed by atoms with Crippen LogP contribution < -0.4 is 21.9 Å². The standard InChI is InChI=1S/C19H23N7O3/c1-11(2)29-8-7-21-17(27)12-3-5-13(6-4-12)22-9-14-10-23-16-15(24-14)18(28)26-19(20)25-16/h3-6,10-11,22H,7-9H2,1-2H3,(H,21,27)(H3,20,23,25,26,28). The minimum absolute atomic E-state index is 0.000695. The van der Waals surface area contributed by atoms with Crippen LogP contribution in [0, 0.1) is 0 Å². The maximum absolute atomic E-state index is 12.1. The number of nitrogen functional groups attached to an aromatic ring is 1. The van der Waals surface area contributed by atoms with Gasteiger partial charge in [-0.1, -0.05) is 0 Å². The van der Waals surface area contributed by atoms with Gasteiger partial charge in [0.25, 0.3) is 11.5 Å². The minimum Gasteiger partial charge on any atom is -0.379 e. The summed E-state index contributed by atoms with van der Waals surface area (Å²) >= 11 is 0. The number of carbonyl (C=O) groups excluding carboxylic acids is 1. The smallest absolute Gasteiger partial charge is 0.280 e. The first kappa shape index (κ1) is 20.2. The highest BCUT2D eigenvalue weighted by atomic mass is 16.5. The average Bonchev–Trinajstić information content (AvgIpc) is 2.70. The summed E-state index contributed by atoms with van der Waals surface area (Å²) < 4.78 is 5.39. The second kappa shape index (κ2) is 9.11. The van der Waals surface area contributed by atoms with Crippen LogP contribution in [-0.2, 0) is 11.3 Å². The molecule has 0 unspecified atom stereocenters. The number of fused-ring (bicyclic) bond motifs is 1. The van der Waals surface area contributed by atoms with Gasteiger partial charge in [0, 0.05) is 17.8 Å².